The smallest absolute Gasteiger partial charge is 0.250 e. The standard InChI is InChI=1S/C46H36N2OSi/c1-27-23-24-47-39(25-27)42-36(45-44(47)35-16-10-8-14-32(35)38-21-17-28(26-48(38)45)50(2,3)4)18-19-37-43-40(49-46(37)42)22-20-34-31-13-6-5-11-29(31)30-12-7-9-15-33(30)41(34)43/h5-26,44-45H,1-4H3/q+2. The van der Waals surface area contributed by atoms with Gasteiger partial charge in [0.1, 0.15) is 11.2 Å². The van der Waals surface area contributed by atoms with Crippen molar-refractivity contribution >= 4 is 67.5 Å². The zero-order valence-electron chi connectivity index (χ0n) is 28.7. The molecule has 6 aromatic carbocycles. The van der Waals surface area contributed by atoms with E-state index in [0.29, 0.717) is 0 Å². The molecule has 0 N–H and O–H groups in total. The fourth-order valence-electron chi connectivity index (χ4n) is 9.26. The summed E-state index contributed by atoms with van der Waals surface area (Å²) in [5, 5.41) is 11.5. The Morgan fingerprint density at radius 3 is 2.00 bits per heavy atom. The van der Waals surface area contributed by atoms with Gasteiger partial charge < -0.3 is 4.42 Å². The number of furan rings is 1. The van der Waals surface area contributed by atoms with Gasteiger partial charge >= 0.3 is 0 Å². The second kappa shape index (κ2) is 9.77. The van der Waals surface area contributed by atoms with Crippen LogP contribution < -0.4 is 14.3 Å². The van der Waals surface area contributed by atoms with Crippen molar-refractivity contribution in [3.05, 3.63) is 150 Å². The molecule has 2 aliphatic heterocycles. The Bertz CT molecular complexity index is 2910. The molecule has 238 valence electrons. The molecule has 5 heterocycles. The number of hydrogen-bond acceptors (Lipinski definition) is 1. The monoisotopic (exact) mass is 660 g/mol. The molecule has 0 fully saturated rings. The van der Waals surface area contributed by atoms with Crippen LogP contribution in [0.5, 0.6) is 0 Å². The maximum absolute atomic E-state index is 7.12. The molecule has 2 atom stereocenters. The molecule has 0 aliphatic carbocycles. The minimum atomic E-state index is -1.59. The molecular weight excluding hydrogens is 625 g/mol. The molecular formula is C46H36N2OSi+2. The van der Waals surface area contributed by atoms with Crippen LogP contribution in [-0.4, -0.2) is 8.07 Å². The van der Waals surface area contributed by atoms with E-state index in [-0.39, 0.29) is 12.1 Å². The molecule has 11 rings (SSSR count). The highest BCUT2D eigenvalue weighted by molar-refractivity contribution is 6.88. The van der Waals surface area contributed by atoms with Gasteiger partial charge in [-0.05, 0) is 63.7 Å². The van der Waals surface area contributed by atoms with E-state index in [1.165, 1.54) is 87.5 Å². The number of rotatable bonds is 1. The lowest BCUT2D eigenvalue weighted by molar-refractivity contribution is -0.799. The minimum Gasteiger partial charge on any atom is -0.455 e. The van der Waals surface area contributed by atoms with Crippen molar-refractivity contribution in [3.8, 4) is 22.5 Å². The number of aromatic nitrogens is 2. The fraction of sp³-hybridized carbons (Fsp3) is 0.130. The molecule has 4 heteroatoms. The number of fused-ring (bicyclic) bond motifs is 22. The predicted molar refractivity (Wildman–Crippen MR) is 208 cm³/mol. The maximum Gasteiger partial charge on any atom is 0.250 e. The van der Waals surface area contributed by atoms with Crippen molar-refractivity contribution in [1.29, 1.82) is 0 Å². The van der Waals surface area contributed by atoms with E-state index in [1.807, 2.05) is 0 Å². The molecule has 9 aromatic rings. The van der Waals surface area contributed by atoms with Gasteiger partial charge in [0.15, 0.2) is 12.4 Å². The van der Waals surface area contributed by atoms with Crippen LogP contribution in [0.15, 0.2) is 138 Å². The van der Waals surface area contributed by atoms with Gasteiger partial charge in [-0.2, -0.15) is 9.13 Å². The highest BCUT2D eigenvalue weighted by Gasteiger charge is 2.53. The first kappa shape index (κ1) is 28.3. The fourth-order valence-corrected chi connectivity index (χ4v) is 10.4. The summed E-state index contributed by atoms with van der Waals surface area (Å²) in [5.74, 6) is 0. The van der Waals surface area contributed by atoms with E-state index in [4.69, 9.17) is 4.42 Å². The second-order valence-electron chi connectivity index (χ2n) is 15.4. The predicted octanol–water partition coefficient (Wildman–Crippen LogP) is 10.3. The first-order valence-electron chi connectivity index (χ1n) is 17.8. The summed E-state index contributed by atoms with van der Waals surface area (Å²) in [6.07, 6.45) is 4.79. The molecule has 0 spiro atoms. The summed E-state index contributed by atoms with van der Waals surface area (Å²) in [6.45, 7) is 9.54. The van der Waals surface area contributed by atoms with E-state index in [0.717, 1.165) is 11.2 Å². The first-order valence-corrected chi connectivity index (χ1v) is 21.3. The van der Waals surface area contributed by atoms with Crippen molar-refractivity contribution in [2.24, 2.45) is 0 Å². The molecule has 3 nitrogen and oxygen atoms in total. The Hall–Kier alpha value is -5.58. The summed E-state index contributed by atoms with van der Waals surface area (Å²) >= 11 is 0. The van der Waals surface area contributed by atoms with Gasteiger partial charge in [0, 0.05) is 50.7 Å². The Morgan fingerprint density at radius 1 is 0.560 bits per heavy atom. The Kier molecular flexibility index (Phi) is 5.52. The zero-order valence-corrected chi connectivity index (χ0v) is 29.7. The van der Waals surface area contributed by atoms with Crippen LogP contribution in [0.3, 0.4) is 0 Å². The molecule has 0 radical (unpaired) electrons. The van der Waals surface area contributed by atoms with Crippen LogP contribution in [0.2, 0.25) is 19.6 Å². The highest BCUT2D eigenvalue weighted by Crippen LogP contribution is 2.50. The van der Waals surface area contributed by atoms with Gasteiger partial charge in [0.05, 0.1) is 19.2 Å². The SMILES string of the molecule is Cc1cc[n+]2c(c1)-c1c(ccc3c1oc1ccc4c5ccccc5c5ccccc5c4c13)C1C2c2ccccc2-c2ccc([Si](C)(C)C)c[n+]21. The van der Waals surface area contributed by atoms with Gasteiger partial charge in [-0.15, -0.1) is 0 Å². The van der Waals surface area contributed by atoms with Gasteiger partial charge in [-0.3, -0.25) is 0 Å². The van der Waals surface area contributed by atoms with Crippen LogP contribution >= 0.6 is 0 Å². The van der Waals surface area contributed by atoms with Crippen LogP contribution in [0.4, 0.5) is 0 Å². The van der Waals surface area contributed by atoms with E-state index < -0.39 is 8.07 Å². The molecule has 3 aromatic heterocycles. The first-order chi connectivity index (χ1) is 24.4. The zero-order chi connectivity index (χ0) is 33.5. The molecule has 2 unspecified atom stereocenters. The quantitative estimate of drug-likeness (QED) is 0.0975. The maximum atomic E-state index is 7.12. The molecule has 0 bridgehead atoms. The lowest BCUT2D eigenvalue weighted by Crippen LogP contribution is -2.61. The molecule has 2 aliphatic rings. The lowest BCUT2D eigenvalue weighted by Gasteiger charge is -2.32. The summed E-state index contributed by atoms with van der Waals surface area (Å²) in [4.78, 5) is 0. The average molecular weight is 661 g/mol. The Morgan fingerprint density at radius 2 is 1.22 bits per heavy atom. The number of benzene rings is 6. The average Bonchev–Trinajstić information content (AvgIpc) is 3.53. The molecule has 0 saturated carbocycles. The van der Waals surface area contributed by atoms with Gasteiger partial charge in [-0.25, -0.2) is 0 Å². The van der Waals surface area contributed by atoms with Crippen LogP contribution in [0.25, 0.3) is 76.8 Å². The minimum absolute atomic E-state index is 0.0746. The molecule has 0 saturated heterocycles. The van der Waals surface area contributed by atoms with E-state index >= 15 is 0 Å². The number of pyridine rings is 2. The highest BCUT2D eigenvalue weighted by atomic mass is 28.3. The topological polar surface area (TPSA) is 20.9 Å². The van der Waals surface area contributed by atoms with Crippen LogP contribution in [0.1, 0.15) is 28.8 Å². The van der Waals surface area contributed by atoms with Crippen molar-refractivity contribution in [2.75, 3.05) is 0 Å². The van der Waals surface area contributed by atoms with Crippen LogP contribution in [-0.2, 0) is 0 Å². The number of nitrogens with zero attached hydrogens (tertiary/aromatic N) is 2. The third kappa shape index (κ3) is 3.64. The molecule has 0 amide bonds. The third-order valence-corrected chi connectivity index (χ3v) is 13.6. The van der Waals surface area contributed by atoms with Crippen molar-refractivity contribution in [2.45, 2.75) is 38.6 Å². The molecule has 50 heavy (non-hydrogen) atoms. The van der Waals surface area contributed by atoms with Gasteiger partial charge in [0.2, 0.25) is 17.4 Å². The third-order valence-electron chi connectivity index (χ3n) is 11.6. The summed E-state index contributed by atoms with van der Waals surface area (Å²) in [6, 6.07) is 45.5. The van der Waals surface area contributed by atoms with Crippen molar-refractivity contribution < 1.29 is 13.6 Å². The van der Waals surface area contributed by atoms with E-state index in [9.17, 15) is 0 Å². The Balaban J connectivity index is 1.29. The van der Waals surface area contributed by atoms with Gasteiger partial charge in [0.25, 0.3) is 6.04 Å². The Labute approximate surface area is 291 Å². The second-order valence-corrected chi connectivity index (χ2v) is 20.5. The van der Waals surface area contributed by atoms with Crippen molar-refractivity contribution in [1.82, 2.24) is 0 Å². The van der Waals surface area contributed by atoms with Crippen molar-refractivity contribution in [3.63, 3.8) is 0 Å². The normalized spacial score (nSPS) is 16.4. The lowest BCUT2D eigenvalue weighted by atomic mass is 9.79. The largest absolute Gasteiger partial charge is 0.455 e. The van der Waals surface area contributed by atoms with Crippen LogP contribution in [0, 0.1) is 6.92 Å². The van der Waals surface area contributed by atoms with E-state index in [2.05, 4.69) is 169 Å². The number of aryl methyl sites for hydroxylation is 1. The summed E-state index contributed by atoms with van der Waals surface area (Å²) in [7, 11) is -1.59. The van der Waals surface area contributed by atoms with Gasteiger partial charge in [-0.1, -0.05) is 98.5 Å². The number of hydrogen-bond donors (Lipinski definition) is 0. The summed E-state index contributed by atoms with van der Waals surface area (Å²) < 4.78 is 12.2. The van der Waals surface area contributed by atoms with E-state index in [1.54, 1.807) is 0 Å². The summed E-state index contributed by atoms with van der Waals surface area (Å²) in [5.41, 5.74) is 10.9.